The minimum absolute atomic E-state index is 0.217. The minimum Gasteiger partial charge on any atom is -0.392 e. The molecule has 1 fully saturated rings. The summed E-state index contributed by atoms with van der Waals surface area (Å²) in [5, 5.41) is 13.8. The Morgan fingerprint density at radius 1 is 1.38 bits per heavy atom. The van der Waals surface area contributed by atoms with Gasteiger partial charge in [-0.3, -0.25) is 14.4 Å². The van der Waals surface area contributed by atoms with Crippen LogP contribution in [0.4, 0.5) is 0 Å². The van der Waals surface area contributed by atoms with E-state index in [9.17, 15) is 9.90 Å². The topological polar surface area (TPSA) is 61.6 Å². The summed E-state index contributed by atoms with van der Waals surface area (Å²) in [5.74, 6) is 0.217. The number of β-amino-alcohol motifs (C(OH)–C–C–N with tert-alkyl or cyclic N) is 1. The van der Waals surface area contributed by atoms with Gasteiger partial charge in [0.2, 0.25) is 5.91 Å². The van der Waals surface area contributed by atoms with Crippen molar-refractivity contribution in [1.29, 1.82) is 0 Å². The maximum absolute atomic E-state index is 12.2. The number of rotatable bonds is 6. The number of carbonyl (C=O) groups excluding carboxylic acids is 1. The zero-order valence-electron chi connectivity index (χ0n) is 13.0. The van der Waals surface area contributed by atoms with E-state index in [-0.39, 0.29) is 12.0 Å². The minimum atomic E-state index is -0.252. The molecular formula is C15H26N4O2. The Labute approximate surface area is 126 Å². The van der Waals surface area contributed by atoms with E-state index < -0.39 is 0 Å². The number of hydrogen-bond donors (Lipinski definition) is 1. The molecule has 6 heteroatoms. The second-order valence-electron chi connectivity index (χ2n) is 5.77. The smallest absolute Gasteiger partial charge is 0.222 e. The van der Waals surface area contributed by atoms with Gasteiger partial charge in [0.05, 0.1) is 12.3 Å². The number of aliphatic hydroxyl groups excluding tert-OH is 1. The van der Waals surface area contributed by atoms with Gasteiger partial charge in [-0.1, -0.05) is 6.92 Å². The van der Waals surface area contributed by atoms with Crippen molar-refractivity contribution in [1.82, 2.24) is 19.6 Å². The lowest BCUT2D eigenvalue weighted by Crippen LogP contribution is -2.50. The van der Waals surface area contributed by atoms with Crippen molar-refractivity contribution in [2.45, 2.75) is 32.3 Å². The molecule has 1 aromatic heterocycles. The monoisotopic (exact) mass is 294 g/mol. The highest BCUT2D eigenvalue weighted by molar-refractivity contribution is 5.76. The summed E-state index contributed by atoms with van der Waals surface area (Å²) in [4.78, 5) is 16.4. The Balaban J connectivity index is 1.70. The van der Waals surface area contributed by atoms with E-state index in [2.05, 4.69) is 10.00 Å². The average molecular weight is 294 g/mol. The first-order valence-electron chi connectivity index (χ1n) is 7.74. The number of carbonyl (C=O) groups is 1. The van der Waals surface area contributed by atoms with Gasteiger partial charge < -0.3 is 10.0 Å². The van der Waals surface area contributed by atoms with Crippen molar-refractivity contribution in [3.05, 3.63) is 18.0 Å². The molecule has 118 valence electrons. The van der Waals surface area contributed by atoms with Crippen molar-refractivity contribution in [2.24, 2.45) is 7.05 Å². The summed E-state index contributed by atoms with van der Waals surface area (Å²) >= 11 is 0. The molecule has 2 heterocycles. The number of nitrogens with zero attached hydrogens (tertiary/aromatic N) is 4. The lowest BCUT2D eigenvalue weighted by atomic mass is 10.1. The maximum Gasteiger partial charge on any atom is 0.222 e. The van der Waals surface area contributed by atoms with E-state index in [4.69, 9.17) is 0 Å². The van der Waals surface area contributed by atoms with E-state index in [1.807, 2.05) is 31.3 Å². The molecule has 0 saturated carbocycles. The zero-order chi connectivity index (χ0) is 15.2. The van der Waals surface area contributed by atoms with Crippen LogP contribution in [0.3, 0.4) is 0 Å². The summed E-state index contributed by atoms with van der Waals surface area (Å²) in [5.41, 5.74) is 1.11. The van der Waals surface area contributed by atoms with Gasteiger partial charge in [-0.05, 0) is 18.4 Å². The van der Waals surface area contributed by atoms with Crippen LogP contribution in [0.1, 0.15) is 25.3 Å². The second kappa shape index (κ2) is 7.56. The Kier molecular flexibility index (Phi) is 5.76. The van der Waals surface area contributed by atoms with Gasteiger partial charge in [-0.25, -0.2) is 0 Å². The predicted octanol–water partition coefficient (Wildman–Crippen LogP) is 0.268. The van der Waals surface area contributed by atoms with Crippen molar-refractivity contribution in [3.63, 3.8) is 0 Å². The van der Waals surface area contributed by atoms with E-state index >= 15 is 0 Å². The first kappa shape index (κ1) is 16.0. The maximum atomic E-state index is 12.2. The average Bonchev–Trinajstić information content (AvgIpc) is 2.91. The number of piperazine rings is 1. The largest absolute Gasteiger partial charge is 0.392 e. The molecule has 2 rings (SSSR count). The third-order valence-electron chi connectivity index (χ3n) is 4.05. The van der Waals surface area contributed by atoms with Crippen molar-refractivity contribution < 1.29 is 9.90 Å². The van der Waals surface area contributed by atoms with Gasteiger partial charge in [0.1, 0.15) is 0 Å². The molecule has 1 aliphatic rings. The molecule has 1 aromatic rings. The fraction of sp³-hybridized carbons (Fsp3) is 0.733. The number of amides is 1. The Morgan fingerprint density at radius 2 is 2.10 bits per heavy atom. The number of aryl methyl sites for hydroxylation is 2. The molecule has 0 bridgehead atoms. The summed E-state index contributed by atoms with van der Waals surface area (Å²) in [6.45, 7) is 5.95. The highest BCUT2D eigenvalue weighted by Gasteiger charge is 2.21. The predicted molar refractivity (Wildman–Crippen MR) is 80.8 cm³/mol. The van der Waals surface area contributed by atoms with Gasteiger partial charge in [0.25, 0.3) is 0 Å². The number of aliphatic hydroxyl groups is 1. The van der Waals surface area contributed by atoms with Gasteiger partial charge in [-0.15, -0.1) is 0 Å². The van der Waals surface area contributed by atoms with Crippen molar-refractivity contribution >= 4 is 5.91 Å². The normalized spacial score (nSPS) is 18.0. The number of hydrogen-bond acceptors (Lipinski definition) is 4. The lowest BCUT2D eigenvalue weighted by molar-refractivity contribution is -0.133. The van der Waals surface area contributed by atoms with Crippen LogP contribution in [-0.4, -0.2) is 69.4 Å². The third kappa shape index (κ3) is 4.82. The summed E-state index contributed by atoms with van der Waals surface area (Å²) in [7, 11) is 1.88. The van der Waals surface area contributed by atoms with Crippen LogP contribution in [0.5, 0.6) is 0 Å². The highest BCUT2D eigenvalue weighted by Crippen LogP contribution is 2.08. The highest BCUT2D eigenvalue weighted by atomic mass is 16.3. The van der Waals surface area contributed by atoms with E-state index in [1.54, 1.807) is 4.68 Å². The molecule has 0 aliphatic carbocycles. The van der Waals surface area contributed by atoms with E-state index in [1.165, 1.54) is 0 Å². The van der Waals surface area contributed by atoms with Crippen molar-refractivity contribution in [3.8, 4) is 0 Å². The molecule has 6 nitrogen and oxygen atoms in total. The van der Waals surface area contributed by atoms with Crippen LogP contribution in [0.2, 0.25) is 0 Å². The van der Waals surface area contributed by atoms with Gasteiger partial charge >= 0.3 is 0 Å². The van der Waals surface area contributed by atoms with Crippen LogP contribution >= 0.6 is 0 Å². The second-order valence-corrected chi connectivity index (χ2v) is 5.77. The molecular weight excluding hydrogens is 268 g/mol. The molecule has 1 aliphatic heterocycles. The van der Waals surface area contributed by atoms with Crippen molar-refractivity contribution in [2.75, 3.05) is 32.7 Å². The molecule has 1 atom stereocenters. The first-order valence-corrected chi connectivity index (χ1v) is 7.74. The summed E-state index contributed by atoms with van der Waals surface area (Å²) in [6, 6.07) is 0. The molecule has 0 spiro atoms. The zero-order valence-corrected chi connectivity index (χ0v) is 13.0. The van der Waals surface area contributed by atoms with Gasteiger partial charge in [-0.2, -0.15) is 5.10 Å². The fourth-order valence-electron chi connectivity index (χ4n) is 2.62. The fourth-order valence-corrected chi connectivity index (χ4v) is 2.62. The SMILES string of the molecule is CC[C@@H](O)CN1CCN(C(=O)CCc2cnn(C)c2)CC1. The Morgan fingerprint density at radius 3 is 2.67 bits per heavy atom. The summed E-state index contributed by atoms with van der Waals surface area (Å²) < 4.78 is 1.76. The van der Waals surface area contributed by atoms with E-state index in [0.29, 0.717) is 13.0 Å². The molecule has 0 aromatic carbocycles. The molecule has 1 N–H and O–H groups in total. The van der Waals surface area contributed by atoms with Crippen LogP contribution in [-0.2, 0) is 18.3 Å². The van der Waals surface area contributed by atoms with Crippen LogP contribution in [0, 0.1) is 0 Å². The standard InChI is InChI=1S/C15H26N4O2/c1-3-14(20)12-18-6-8-19(9-7-18)15(21)5-4-13-10-16-17(2)11-13/h10-11,14,20H,3-9,12H2,1-2H3/t14-/m1/s1. The van der Waals surface area contributed by atoms with Crippen LogP contribution < -0.4 is 0 Å². The Bertz CT molecular complexity index is 452. The molecule has 1 amide bonds. The van der Waals surface area contributed by atoms with Gasteiger partial charge in [0, 0.05) is 52.4 Å². The molecule has 0 radical (unpaired) electrons. The molecule has 21 heavy (non-hydrogen) atoms. The van der Waals surface area contributed by atoms with Crippen LogP contribution in [0.15, 0.2) is 12.4 Å². The van der Waals surface area contributed by atoms with E-state index in [0.717, 1.165) is 44.6 Å². The Hall–Kier alpha value is -1.40. The van der Waals surface area contributed by atoms with Crippen LogP contribution in [0.25, 0.3) is 0 Å². The third-order valence-corrected chi connectivity index (χ3v) is 4.05. The molecule has 0 unspecified atom stereocenters. The van der Waals surface area contributed by atoms with Gasteiger partial charge in [0.15, 0.2) is 0 Å². The molecule has 1 saturated heterocycles. The summed E-state index contributed by atoms with van der Waals surface area (Å²) in [6.07, 6.45) is 5.60. The quantitative estimate of drug-likeness (QED) is 0.818. The first-order chi connectivity index (χ1) is 10.1. The lowest BCUT2D eigenvalue weighted by Gasteiger charge is -2.35. The number of aromatic nitrogens is 2.